The van der Waals surface area contributed by atoms with E-state index >= 15 is 0 Å². The molecule has 1 aliphatic rings. The standard InChI is InChI=1S/C19H27NO2/c1-3-4-6-13-18-14-9-10-16(2)20(18)19(21)22-15-17-11-7-5-8-12-17/h5,7-9,11-12,14,16,18H,3-4,6,10,13,15H2,1-2H3/t16-,18-/m1/s1. The number of hydrogen-bond donors (Lipinski definition) is 0. The van der Waals surface area contributed by atoms with Gasteiger partial charge in [0, 0.05) is 6.04 Å². The van der Waals surface area contributed by atoms with Gasteiger partial charge in [-0.25, -0.2) is 4.79 Å². The molecule has 0 spiro atoms. The first-order chi connectivity index (χ1) is 10.7. The Hall–Kier alpha value is -1.77. The Morgan fingerprint density at radius 2 is 2.05 bits per heavy atom. The van der Waals surface area contributed by atoms with Crippen LogP contribution in [-0.4, -0.2) is 23.1 Å². The van der Waals surface area contributed by atoms with Gasteiger partial charge in [0.1, 0.15) is 6.61 Å². The van der Waals surface area contributed by atoms with Crippen LogP contribution in [0.3, 0.4) is 0 Å². The molecule has 120 valence electrons. The molecule has 0 radical (unpaired) electrons. The van der Waals surface area contributed by atoms with Crippen LogP contribution < -0.4 is 0 Å². The maximum absolute atomic E-state index is 12.5. The lowest BCUT2D eigenvalue weighted by Crippen LogP contribution is -2.47. The third-order valence-electron chi connectivity index (χ3n) is 4.19. The minimum absolute atomic E-state index is 0.179. The molecule has 0 aromatic heterocycles. The van der Waals surface area contributed by atoms with Gasteiger partial charge in [-0.2, -0.15) is 0 Å². The second-order valence-corrected chi connectivity index (χ2v) is 6.02. The number of amides is 1. The summed E-state index contributed by atoms with van der Waals surface area (Å²) in [6, 6.07) is 10.2. The zero-order valence-corrected chi connectivity index (χ0v) is 13.7. The first-order valence-electron chi connectivity index (χ1n) is 8.38. The lowest BCUT2D eigenvalue weighted by Gasteiger charge is -2.36. The summed E-state index contributed by atoms with van der Waals surface area (Å²) in [6.07, 6.45) is 9.67. The molecule has 3 nitrogen and oxygen atoms in total. The third-order valence-corrected chi connectivity index (χ3v) is 4.19. The molecule has 1 heterocycles. The number of nitrogens with zero attached hydrogens (tertiary/aromatic N) is 1. The normalized spacial score (nSPS) is 20.9. The molecule has 0 saturated carbocycles. The molecule has 2 atom stereocenters. The summed E-state index contributed by atoms with van der Waals surface area (Å²) in [5.41, 5.74) is 1.03. The molecule has 1 aliphatic heterocycles. The summed E-state index contributed by atoms with van der Waals surface area (Å²) >= 11 is 0. The van der Waals surface area contributed by atoms with Gasteiger partial charge in [0.25, 0.3) is 0 Å². The quantitative estimate of drug-likeness (QED) is 0.551. The van der Waals surface area contributed by atoms with Gasteiger partial charge < -0.3 is 4.74 Å². The highest BCUT2D eigenvalue weighted by atomic mass is 16.6. The van der Waals surface area contributed by atoms with Crippen molar-refractivity contribution in [3.63, 3.8) is 0 Å². The number of unbranched alkanes of at least 4 members (excludes halogenated alkanes) is 2. The van der Waals surface area contributed by atoms with Crippen LogP contribution in [0, 0.1) is 0 Å². The number of carbonyl (C=O) groups is 1. The van der Waals surface area contributed by atoms with Gasteiger partial charge in [-0.1, -0.05) is 68.7 Å². The van der Waals surface area contributed by atoms with E-state index in [9.17, 15) is 4.79 Å². The Morgan fingerprint density at radius 3 is 2.77 bits per heavy atom. The SMILES string of the molecule is CCCCC[C@@H]1C=CC[C@@H](C)N1C(=O)OCc1ccccc1. The second-order valence-electron chi connectivity index (χ2n) is 6.02. The molecule has 1 amide bonds. The maximum Gasteiger partial charge on any atom is 0.410 e. The minimum atomic E-state index is -0.192. The number of benzene rings is 1. The number of rotatable bonds is 6. The Kier molecular flexibility index (Phi) is 6.50. The average molecular weight is 301 g/mol. The summed E-state index contributed by atoms with van der Waals surface area (Å²) < 4.78 is 5.53. The van der Waals surface area contributed by atoms with Gasteiger partial charge in [0.05, 0.1) is 6.04 Å². The molecule has 0 fully saturated rings. The molecular formula is C19H27NO2. The van der Waals surface area contributed by atoms with Crippen LogP contribution in [0.2, 0.25) is 0 Å². The van der Waals surface area contributed by atoms with Crippen LogP contribution in [0.15, 0.2) is 42.5 Å². The van der Waals surface area contributed by atoms with Crippen molar-refractivity contribution in [3.8, 4) is 0 Å². The fourth-order valence-electron chi connectivity index (χ4n) is 2.91. The van der Waals surface area contributed by atoms with Gasteiger partial charge in [-0.05, 0) is 25.3 Å². The topological polar surface area (TPSA) is 29.5 Å². The van der Waals surface area contributed by atoms with Crippen molar-refractivity contribution in [3.05, 3.63) is 48.0 Å². The van der Waals surface area contributed by atoms with E-state index in [1.165, 1.54) is 12.8 Å². The van der Waals surface area contributed by atoms with Crippen LogP contribution in [0.1, 0.15) is 51.5 Å². The smallest absolute Gasteiger partial charge is 0.410 e. The Labute approximate surface area is 134 Å². The van der Waals surface area contributed by atoms with Gasteiger partial charge in [0.15, 0.2) is 0 Å². The highest BCUT2D eigenvalue weighted by Gasteiger charge is 2.29. The molecule has 2 rings (SSSR count). The van der Waals surface area contributed by atoms with Gasteiger partial charge >= 0.3 is 6.09 Å². The second kappa shape index (κ2) is 8.62. The van der Waals surface area contributed by atoms with Gasteiger partial charge in [0.2, 0.25) is 0 Å². The van der Waals surface area contributed by atoms with Crippen molar-refractivity contribution in [2.45, 2.75) is 64.6 Å². The van der Waals surface area contributed by atoms with Crippen LogP contribution >= 0.6 is 0 Å². The first-order valence-corrected chi connectivity index (χ1v) is 8.38. The molecular weight excluding hydrogens is 274 g/mol. The third kappa shape index (κ3) is 4.62. The molecule has 0 saturated heterocycles. The molecule has 22 heavy (non-hydrogen) atoms. The fourth-order valence-corrected chi connectivity index (χ4v) is 2.91. The summed E-state index contributed by atoms with van der Waals surface area (Å²) in [7, 11) is 0. The van der Waals surface area contributed by atoms with E-state index in [0.717, 1.165) is 24.8 Å². The summed E-state index contributed by atoms with van der Waals surface area (Å²) in [6.45, 7) is 4.64. The molecule has 0 bridgehead atoms. The summed E-state index contributed by atoms with van der Waals surface area (Å²) in [4.78, 5) is 14.4. The van der Waals surface area contributed by atoms with Crippen molar-refractivity contribution in [2.75, 3.05) is 0 Å². The van der Waals surface area contributed by atoms with E-state index in [2.05, 4.69) is 26.0 Å². The average Bonchev–Trinajstić information content (AvgIpc) is 2.54. The lowest BCUT2D eigenvalue weighted by molar-refractivity contribution is 0.0678. The van der Waals surface area contributed by atoms with Crippen molar-refractivity contribution >= 4 is 6.09 Å². The maximum atomic E-state index is 12.5. The molecule has 0 unspecified atom stereocenters. The van der Waals surface area contributed by atoms with E-state index < -0.39 is 0 Å². The highest BCUT2D eigenvalue weighted by molar-refractivity contribution is 5.69. The Balaban J connectivity index is 1.93. The van der Waals surface area contributed by atoms with Crippen molar-refractivity contribution in [1.82, 2.24) is 4.90 Å². The molecule has 0 aliphatic carbocycles. The zero-order valence-electron chi connectivity index (χ0n) is 13.7. The van der Waals surface area contributed by atoms with Crippen molar-refractivity contribution in [2.24, 2.45) is 0 Å². The Bertz CT molecular complexity index is 483. The summed E-state index contributed by atoms with van der Waals surface area (Å²) in [5.74, 6) is 0. The molecule has 1 aromatic rings. The predicted molar refractivity (Wildman–Crippen MR) is 89.6 cm³/mol. The van der Waals surface area contributed by atoms with Crippen LogP contribution in [0.25, 0.3) is 0 Å². The fraction of sp³-hybridized carbons (Fsp3) is 0.526. The van der Waals surface area contributed by atoms with E-state index in [0.29, 0.717) is 6.61 Å². The van der Waals surface area contributed by atoms with Crippen LogP contribution in [0.5, 0.6) is 0 Å². The largest absolute Gasteiger partial charge is 0.445 e. The summed E-state index contributed by atoms with van der Waals surface area (Å²) in [5, 5.41) is 0. The monoisotopic (exact) mass is 301 g/mol. The highest BCUT2D eigenvalue weighted by Crippen LogP contribution is 2.22. The van der Waals surface area contributed by atoms with Crippen LogP contribution in [-0.2, 0) is 11.3 Å². The molecule has 3 heteroatoms. The minimum Gasteiger partial charge on any atom is -0.445 e. The molecule has 0 N–H and O–H groups in total. The van der Waals surface area contributed by atoms with E-state index in [4.69, 9.17) is 4.74 Å². The van der Waals surface area contributed by atoms with Gasteiger partial charge in [-0.15, -0.1) is 0 Å². The predicted octanol–water partition coefficient (Wildman–Crippen LogP) is 4.92. The number of carbonyl (C=O) groups excluding carboxylic acids is 1. The number of ether oxygens (including phenoxy) is 1. The molecule has 1 aromatic carbocycles. The lowest BCUT2D eigenvalue weighted by atomic mass is 9.99. The van der Waals surface area contributed by atoms with E-state index in [-0.39, 0.29) is 18.2 Å². The number of hydrogen-bond acceptors (Lipinski definition) is 2. The zero-order chi connectivity index (χ0) is 15.8. The Morgan fingerprint density at radius 1 is 1.27 bits per heavy atom. The van der Waals surface area contributed by atoms with Crippen molar-refractivity contribution < 1.29 is 9.53 Å². The van der Waals surface area contributed by atoms with Crippen LogP contribution in [0.4, 0.5) is 4.79 Å². The first kappa shape index (κ1) is 16.6. The van der Waals surface area contributed by atoms with Gasteiger partial charge in [-0.3, -0.25) is 4.90 Å². The van der Waals surface area contributed by atoms with Crippen molar-refractivity contribution in [1.29, 1.82) is 0 Å². The van der Waals surface area contributed by atoms with E-state index in [1.807, 2.05) is 35.2 Å². The van der Waals surface area contributed by atoms with E-state index in [1.54, 1.807) is 0 Å².